The summed E-state index contributed by atoms with van der Waals surface area (Å²) in [5.74, 6) is -0.930. The lowest BCUT2D eigenvalue weighted by Crippen LogP contribution is -2.28. The van der Waals surface area contributed by atoms with Gasteiger partial charge in [-0.15, -0.1) is 0 Å². The number of hydrogen-bond acceptors (Lipinski definition) is 3. The van der Waals surface area contributed by atoms with Crippen molar-refractivity contribution in [3.8, 4) is 16.9 Å². The van der Waals surface area contributed by atoms with Crippen LogP contribution in [0.15, 0.2) is 89.2 Å². The molecular formula is C26H19N3O3. The molecule has 6 heteroatoms. The first-order valence-electron chi connectivity index (χ1n) is 10.2. The normalized spacial score (nSPS) is 14.3. The number of aromatic amines is 1. The first kappa shape index (κ1) is 19.5. The molecular weight excluding hydrogens is 402 g/mol. The standard InChI is InChI=1S/C26H19N3O3/c1-16-9-8-14-19-22(16)27-25(31)21(24(19)30)15-20-23(17-10-4-2-5-11-17)28-29(26(20)32)18-12-6-3-7-13-18/h2-15,28H,1H3,(H,27,31)/b21-15-. The Labute approximate surface area is 183 Å². The highest BCUT2D eigenvalue weighted by Gasteiger charge is 2.30. The summed E-state index contributed by atoms with van der Waals surface area (Å²) in [6.45, 7) is 1.83. The number of nitrogens with zero attached hydrogens (tertiary/aromatic N) is 1. The third-order valence-corrected chi connectivity index (χ3v) is 5.54. The second-order valence-electron chi connectivity index (χ2n) is 7.58. The topological polar surface area (TPSA) is 84.0 Å². The van der Waals surface area contributed by atoms with Crippen LogP contribution in [0.1, 0.15) is 21.5 Å². The molecule has 1 aliphatic rings. The minimum atomic E-state index is -0.525. The average molecular weight is 421 g/mol. The van der Waals surface area contributed by atoms with Gasteiger partial charge < -0.3 is 5.32 Å². The zero-order valence-corrected chi connectivity index (χ0v) is 17.3. The average Bonchev–Trinajstić information content (AvgIpc) is 3.14. The van der Waals surface area contributed by atoms with Gasteiger partial charge in [-0.1, -0.05) is 60.7 Å². The highest BCUT2D eigenvalue weighted by Crippen LogP contribution is 2.30. The number of H-pyrrole nitrogens is 1. The number of carbonyl (C=O) groups excluding carboxylic acids is 2. The third kappa shape index (κ3) is 3.18. The number of benzene rings is 3. The Morgan fingerprint density at radius 2 is 1.50 bits per heavy atom. The Bertz CT molecular complexity index is 1440. The zero-order chi connectivity index (χ0) is 22.2. The number of carbonyl (C=O) groups is 2. The summed E-state index contributed by atoms with van der Waals surface area (Å²) in [4.78, 5) is 39.4. The van der Waals surface area contributed by atoms with Crippen LogP contribution >= 0.6 is 0 Å². The van der Waals surface area contributed by atoms with E-state index in [1.54, 1.807) is 24.3 Å². The van der Waals surface area contributed by atoms with Gasteiger partial charge in [0, 0.05) is 11.1 Å². The Hall–Kier alpha value is -4.45. The van der Waals surface area contributed by atoms with Gasteiger partial charge in [0.05, 0.1) is 28.2 Å². The van der Waals surface area contributed by atoms with Crippen molar-refractivity contribution in [1.82, 2.24) is 9.78 Å². The highest BCUT2D eigenvalue weighted by atomic mass is 16.2. The number of para-hydroxylation sites is 2. The highest BCUT2D eigenvalue weighted by molar-refractivity contribution is 6.36. The molecule has 0 bridgehead atoms. The Morgan fingerprint density at radius 3 is 2.22 bits per heavy atom. The first-order valence-corrected chi connectivity index (χ1v) is 10.2. The van der Waals surface area contributed by atoms with Crippen LogP contribution < -0.4 is 10.9 Å². The van der Waals surface area contributed by atoms with Crippen LogP contribution in [0, 0.1) is 6.92 Å². The minimum absolute atomic E-state index is 0.0726. The fourth-order valence-corrected chi connectivity index (χ4v) is 3.90. The SMILES string of the molecule is Cc1cccc2c1NC(=O)/C(=C\c1c(-c3ccccc3)[nH]n(-c3ccccc3)c1=O)C2=O. The molecule has 0 aliphatic carbocycles. The van der Waals surface area contributed by atoms with Gasteiger partial charge in [-0.3, -0.25) is 19.5 Å². The number of amides is 1. The van der Waals surface area contributed by atoms with E-state index in [1.807, 2.05) is 61.5 Å². The smallest absolute Gasteiger partial charge is 0.279 e. The lowest BCUT2D eigenvalue weighted by molar-refractivity contribution is -0.112. The number of aryl methyl sites for hydroxylation is 1. The number of aromatic nitrogens is 2. The van der Waals surface area contributed by atoms with Crippen LogP contribution in [0.3, 0.4) is 0 Å². The second kappa shape index (κ2) is 7.67. The van der Waals surface area contributed by atoms with Crippen molar-refractivity contribution in [3.63, 3.8) is 0 Å². The summed E-state index contributed by atoms with van der Waals surface area (Å²) in [6, 6.07) is 23.8. The molecule has 0 unspecified atom stereocenters. The van der Waals surface area contributed by atoms with Crippen LogP contribution in [0.5, 0.6) is 0 Å². The Morgan fingerprint density at radius 1 is 0.812 bits per heavy atom. The molecule has 0 saturated heterocycles. The van der Waals surface area contributed by atoms with Gasteiger partial charge in [-0.2, -0.15) is 0 Å². The van der Waals surface area contributed by atoms with E-state index in [0.29, 0.717) is 22.6 Å². The van der Waals surface area contributed by atoms with E-state index in [0.717, 1.165) is 11.1 Å². The molecule has 2 N–H and O–H groups in total. The van der Waals surface area contributed by atoms with Crippen molar-refractivity contribution >= 4 is 23.5 Å². The Balaban J connectivity index is 1.72. The van der Waals surface area contributed by atoms with Crippen molar-refractivity contribution in [2.24, 2.45) is 0 Å². The molecule has 3 aromatic carbocycles. The van der Waals surface area contributed by atoms with E-state index in [-0.39, 0.29) is 16.7 Å². The van der Waals surface area contributed by atoms with Crippen LogP contribution in [0.2, 0.25) is 0 Å². The Kier molecular flexibility index (Phi) is 4.67. The fraction of sp³-hybridized carbons (Fsp3) is 0.0385. The van der Waals surface area contributed by atoms with E-state index < -0.39 is 11.7 Å². The fourth-order valence-electron chi connectivity index (χ4n) is 3.90. The number of anilines is 1. The van der Waals surface area contributed by atoms with Gasteiger partial charge in [0.25, 0.3) is 11.5 Å². The predicted molar refractivity (Wildman–Crippen MR) is 124 cm³/mol. The number of fused-ring (bicyclic) bond motifs is 1. The van der Waals surface area contributed by atoms with Crippen molar-refractivity contribution in [2.75, 3.05) is 5.32 Å². The third-order valence-electron chi connectivity index (χ3n) is 5.54. The molecule has 0 fully saturated rings. The van der Waals surface area contributed by atoms with Crippen molar-refractivity contribution in [2.45, 2.75) is 6.92 Å². The molecule has 0 radical (unpaired) electrons. The summed E-state index contributed by atoms with van der Waals surface area (Å²) in [5.41, 5.74) is 3.51. The summed E-state index contributed by atoms with van der Waals surface area (Å²) >= 11 is 0. The van der Waals surface area contributed by atoms with Crippen LogP contribution in [-0.4, -0.2) is 21.5 Å². The lowest BCUT2D eigenvalue weighted by atomic mass is 9.93. The van der Waals surface area contributed by atoms with Gasteiger partial charge in [0.1, 0.15) is 0 Å². The number of ketones is 1. The largest absolute Gasteiger partial charge is 0.321 e. The first-order chi connectivity index (χ1) is 15.5. The molecule has 2 heterocycles. The molecule has 1 aromatic heterocycles. The molecule has 0 spiro atoms. The van der Waals surface area contributed by atoms with Crippen LogP contribution in [0.4, 0.5) is 5.69 Å². The molecule has 1 amide bonds. The lowest BCUT2D eigenvalue weighted by Gasteiger charge is -2.19. The maximum atomic E-state index is 13.4. The summed E-state index contributed by atoms with van der Waals surface area (Å²) < 4.78 is 1.41. The minimum Gasteiger partial charge on any atom is -0.321 e. The predicted octanol–water partition coefficient (Wildman–Crippen LogP) is 4.36. The maximum Gasteiger partial charge on any atom is 0.279 e. The number of Topliss-reactive ketones (excluding diaryl/α,β-unsaturated/α-hetero) is 1. The molecule has 156 valence electrons. The van der Waals surface area contributed by atoms with E-state index in [4.69, 9.17) is 0 Å². The van der Waals surface area contributed by atoms with E-state index in [2.05, 4.69) is 10.4 Å². The molecule has 4 aromatic rings. The van der Waals surface area contributed by atoms with E-state index in [1.165, 1.54) is 10.8 Å². The van der Waals surface area contributed by atoms with Gasteiger partial charge >= 0.3 is 0 Å². The van der Waals surface area contributed by atoms with Crippen LogP contribution in [-0.2, 0) is 4.79 Å². The van der Waals surface area contributed by atoms with Crippen molar-refractivity contribution in [1.29, 1.82) is 0 Å². The molecule has 32 heavy (non-hydrogen) atoms. The molecule has 6 nitrogen and oxygen atoms in total. The zero-order valence-electron chi connectivity index (χ0n) is 17.3. The number of rotatable bonds is 3. The molecule has 1 aliphatic heterocycles. The monoisotopic (exact) mass is 421 g/mol. The molecule has 0 saturated carbocycles. The maximum absolute atomic E-state index is 13.4. The molecule has 0 atom stereocenters. The van der Waals surface area contributed by atoms with Gasteiger partial charge in [0.2, 0.25) is 5.78 Å². The van der Waals surface area contributed by atoms with Gasteiger partial charge in [-0.05, 0) is 36.8 Å². The van der Waals surface area contributed by atoms with Crippen molar-refractivity contribution in [3.05, 3.63) is 111 Å². The van der Waals surface area contributed by atoms with Crippen LogP contribution in [0.25, 0.3) is 23.0 Å². The quantitative estimate of drug-likeness (QED) is 0.381. The molecule has 5 rings (SSSR count). The van der Waals surface area contributed by atoms with Crippen molar-refractivity contribution < 1.29 is 9.59 Å². The van der Waals surface area contributed by atoms with E-state index >= 15 is 0 Å². The van der Waals surface area contributed by atoms with Gasteiger partial charge in [-0.25, -0.2) is 4.68 Å². The second-order valence-corrected chi connectivity index (χ2v) is 7.58. The number of nitrogens with one attached hydrogen (secondary N) is 2. The summed E-state index contributed by atoms with van der Waals surface area (Å²) in [5, 5.41) is 5.95. The summed E-state index contributed by atoms with van der Waals surface area (Å²) in [6.07, 6.45) is 1.39. The van der Waals surface area contributed by atoms with Gasteiger partial charge in [0.15, 0.2) is 0 Å². The summed E-state index contributed by atoms with van der Waals surface area (Å²) in [7, 11) is 0. The van der Waals surface area contributed by atoms with E-state index in [9.17, 15) is 14.4 Å². The number of hydrogen-bond donors (Lipinski definition) is 2.